The SMILES string of the molecule is C[C@@H]1[C@@H]2C(=O)O[C@@H]2C[C@]1(C)O. The first-order chi connectivity index (χ1) is 5.02. The van der Waals surface area contributed by atoms with E-state index >= 15 is 0 Å². The molecule has 1 N–H and O–H groups in total. The van der Waals surface area contributed by atoms with Gasteiger partial charge < -0.3 is 9.84 Å². The van der Waals surface area contributed by atoms with Gasteiger partial charge in [-0.25, -0.2) is 0 Å². The van der Waals surface area contributed by atoms with Gasteiger partial charge in [-0.3, -0.25) is 4.79 Å². The summed E-state index contributed by atoms with van der Waals surface area (Å²) in [5.74, 6) is -0.126. The Morgan fingerprint density at radius 2 is 2.36 bits per heavy atom. The van der Waals surface area contributed by atoms with Crippen LogP contribution in [0.3, 0.4) is 0 Å². The van der Waals surface area contributed by atoms with Gasteiger partial charge in [-0.1, -0.05) is 6.92 Å². The zero-order chi connectivity index (χ0) is 8.22. The average molecular weight is 156 g/mol. The molecule has 0 aromatic rings. The molecule has 11 heavy (non-hydrogen) atoms. The van der Waals surface area contributed by atoms with E-state index in [4.69, 9.17) is 4.74 Å². The largest absolute Gasteiger partial charge is 0.461 e. The Morgan fingerprint density at radius 3 is 2.73 bits per heavy atom. The minimum atomic E-state index is -0.707. The predicted octanol–water partition coefficient (Wildman–Crippen LogP) is 0.319. The van der Waals surface area contributed by atoms with Crippen LogP contribution in [-0.2, 0) is 9.53 Å². The van der Waals surface area contributed by atoms with Gasteiger partial charge in [-0.05, 0) is 6.92 Å². The lowest BCUT2D eigenvalue weighted by atomic mass is 9.87. The van der Waals surface area contributed by atoms with E-state index in [9.17, 15) is 9.90 Å². The van der Waals surface area contributed by atoms with Crippen LogP contribution in [0.15, 0.2) is 0 Å². The number of esters is 1. The molecule has 0 unspecified atom stereocenters. The zero-order valence-corrected chi connectivity index (χ0v) is 6.70. The first-order valence-corrected chi connectivity index (χ1v) is 3.95. The van der Waals surface area contributed by atoms with Crippen LogP contribution in [0.2, 0.25) is 0 Å². The number of hydrogen-bond donors (Lipinski definition) is 1. The van der Waals surface area contributed by atoms with Crippen molar-refractivity contribution in [3.8, 4) is 0 Å². The molecule has 1 saturated carbocycles. The highest BCUT2D eigenvalue weighted by Gasteiger charge is 2.59. The average Bonchev–Trinajstić information content (AvgIpc) is 2.01. The van der Waals surface area contributed by atoms with Crippen LogP contribution in [0.1, 0.15) is 20.3 Å². The van der Waals surface area contributed by atoms with Crippen LogP contribution in [-0.4, -0.2) is 22.8 Å². The Hall–Kier alpha value is -0.570. The van der Waals surface area contributed by atoms with Crippen molar-refractivity contribution in [2.75, 3.05) is 0 Å². The maximum Gasteiger partial charge on any atom is 0.313 e. The normalized spacial score (nSPS) is 54.8. The molecule has 0 aromatic heterocycles. The summed E-state index contributed by atoms with van der Waals surface area (Å²) in [7, 11) is 0. The minimum Gasteiger partial charge on any atom is -0.461 e. The number of ether oxygens (including phenoxy) is 1. The van der Waals surface area contributed by atoms with Crippen LogP contribution in [0.5, 0.6) is 0 Å². The molecular weight excluding hydrogens is 144 g/mol. The second kappa shape index (κ2) is 1.78. The monoisotopic (exact) mass is 156 g/mol. The van der Waals surface area contributed by atoms with Gasteiger partial charge in [0.15, 0.2) is 0 Å². The van der Waals surface area contributed by atoms with Gasteiger partial charge in [0, 0.05) is 12.3 Å². The summed E-state index contributed by atoms with van der Waals surface area (Å²) >= 11 is 0. The van der Waals surface area contributed by atoms with Crippen molar-refractivity contribution < 1.29 is 14.6 Å². The fourth-order valence-electron chi connectivity index (χ4n) is 2.06. The van der Waals surface area contributed by atoms with Crippen LogP contribution in [0.4, 0.5) is 0 Å². The smallest absolute Gasteiger partial charge is 0.313 e. The standard InChI is InChI=1S/C8H12O3/c1-4-6-5(11-7(6)9)3-8(4,2)10/h4-6,10H,3H2,1-2H3/t4-,5-,6+,8+/m1/s1. The Kier molecular flexibility index (Phi) is 1.15. The van der Waals surface area contributed by atoms with Gasteiger partial charge in [0.1, 0.15) is 6.10 Å². The molecule has 0 spiro atoms. The summed E-state index contributed by atoms with van der Waals surface area (Å²) in [5, 5.41) is 9.73. The third kappa shape index (κ3) is 0.745. The molecule has 1 heterocycles. The summed E-state index contributed by atoms with van der Waals surface area (Å²) in [6.07, 6.45) is 0.595. The quantitative estimate of drug-likeness (QED) is 0.514. The fourth-order valence-corrected chi connectivity index (χ4v) is 2.06. The fraction of sp³-hybridized carbons (Fsp3) is 0.875. The molecular formula is C8H12O3. The summed E-state index contributed by atoms with van der Waals surface area (Å²) in [6.45, 7) is 3.68. The van der Waals surface area contributed by atoms with Crippen LogP contribution < -0.4 is 0 Å². The molecule has 1 aliphatic heterocycles. The highest BCUT2D eigenvalue weighted by molar-refractivity contribution is 5.79. The summed E-state index contributed by atoms with van der Waals surface area (Å²) < 4.78 is 4.87. The molecule has 2 rings (SSSR count). The topological polar surface area (TPSA) is 46.5 Å². The Labute approximate surface area is 65.4 Å². The van der Waals surface area contributed by atoms with E-state index in [0.29, 0.717) is 6.42 Å². The summed E-state index contributed by atoms with van der Waals surface area (Å²) in [6, 6.07) is 0. The number of hydrogen-bond acceptors (Lipinski definition) is 3. The molecule has 1 aliphatic carbocycles. The number of aliphatic hydroxyl groups is 1. The first kappa shape index (κ1) is 7.10. The lowest BCUT2D eigenvalue weighted by Crippen LogP contribution is -2.43. The van der Waals surface area contributed by atoms with Crippen molar-refractivity contribution in [1.29, 1.82) is 0 Å². The van der Waals surface area contributed by atoms with E-state index in [2.05, 4.69) is 0 Å². The van der Waals surface area contributed by atoms with Crippen molar-refractivity contribution in [3.63, 3.8) is 0 Å². The van der Waals surface area contributed by atoms with Gasteiger partial charge >= 0.3 is 5.97 Å². The lowest BCUT2D eigenvalue weighted by Gasteiger charge is -2.31. The van der Waals surface area contributed by atoms with E-state index in [-0.39, 0.29) is 23.9 Å². The summed E-state index contributed by atoms with van der Waals surface area (Å²) in [4.78, 5) is 10.9. The zero-order valence-electron chi connectivity index (χ0n) is 6.70. The molecule has 3 nitrogen and oxygen atoms in total. The highest BCUT2D eigenvalue weighted by atomic mass is 16.6. The van der Waals surface area contributed by atoms with E-state index in [0.717, 1.165) is 0 Å². The molecule has 2 aliphatic rings. The highest BCUT2D eigenvalue weighted by Crippen LogP contribution is 2.47. The molecule has 2 fully saturated rings. The van der Waals surface area contributed by atoms with E-state index in [1.807, 2.05) is 6.92 Å². The summed E-state index contributed by atoms with van der Waals surface area (Å²) in [5.41, 5.74) is -0.707. The maximum absolute atomic E-state index is 10.9. The van der Waals surface area contributed by atoms with Crippen molar-refractivity contribution in [2.24, 2.45) is 11.8 Å². The molecule has 0 bridgehead atoms. The predicted molar refractivity (Wildman–Crippen MR) is 37.8 cm³/mol. The number of fused-ring (bicyclic) bond motifs is 1. The molecule has 3 heteroatoms. The first-order valence-electron chi connectivity index (χ1n) is 3.95. The molecule has 62 valence electrons. The van der Waals surface area contributed by atoms with E-state index < -0.39 is 5.60 Å². The van der Waals surface area contributed by atoms with Gasteiger partial charge in [0.2, 0.25) is 0 Å². The third-order valence-corrected chi connectivity index (χ3v) is 3.07. The second-order valence-corrected chi connectivity index (χ2v) is 3.85. The van der Waals surface area contributed by atoms with Gasteiger partial charge in [-0.2, -0.15) is 0 Å². The number of carbonyl (C=O) groups excluding carboxylic acids is 1. The Balaban J connectivity index is 2.22. The van der Waals surface area contributed by atoms with Crippen molar-refractivity contribution in [3.05, 3.63) is 0 Å². The molecule has 1 saturated heterocycles. The number of rotatable bonds is 0. The molecule has 0 amide bonds. The third-order valence-electron chi connectivity index (χ3n) is 3.07. The lowest BCUT2D eigenvalue weighted by molar-refractivity contribution is -0.182. The van der Waals surface area contributed by atoms with Gasteiger partial charge in [0.25, 0.3) is 0 Å². The molecule has 4 atom stereocenters. The van der Waals surface area contributed by atoms with Crippen molar-refractivity contribution in [2.45, 2.75) is 32.0 Å². The Bertz CT molecular complexity index is 209. The molecule has 0 radical (unpaired) electrons. The minimum absolute atomic E-state index is 0.00694. The van der Waals surface area contributed by atoms with Crippen LogP contribution in [0, 0.1) is 11.8 Å². The van der Waals surface area contributed by atoms with Crippen molar-refractivity contribution in [1.82, 2.24) is 0 Å². The maximum atomic E-state index is 10.9. The Morgan fingerprint density at radius 1 is 1.73 bits per heavy atom. The van der Waals surface area contributed by atoms with E-state index in [1.54, 1.807) is 6.92 Å². The second-order valence-electron chi connectivity index (χ2n) is 3.85. The van der Waals surface area contributed by atoms with Crippen LogP contribution >= 0.6 is 0 Å². The van der Waals surface area contributed by atoms with Gasteiger partial charge in [-0.15, -0.1) is 0 Å². The van der Waals surface area contributed by atoms with Gasteiger partial charge in [0.05, 0.1) is 11.5 Å². The number of carbonyl (C=O) groups is 1. The van der Waals surface area contributed by atoms with Crippen LogP contribution in [0.25, 0.3) is 0 Å². The van der Waals surface area contributed by atoms with Crippen molar-refractivity contribution >= 4 is 5.97 Å². The molecule has 0 aromatic carbocycles. The van der Waals surface area contributed by atoms with E-state index in [1.165, 1.54) is 0 Å².